The van der Waals surface area contributed by atoms with E-state index < -0.39 is 116 Å². The van der Waals surface area contributed by atoms with Crippen molar-refractivity contribution in [3.05, 3.63) is 97.5 Å². The van der Waals surface area contributed by atoms with Gasteiger partial charge in [-0.15, -0.1) is 0 Å². The molecule has 0 heterocycles. The third-order valence-corrected chi connectivity index (χ3v) is 14.7. The summed E-state index contributed by atoms with van der Waals surface area (Å²) in [6.45, 7) is 0. The lowest BCUT2D eigenvalue weighted by Crippen LogP contribution is -2.65. The number of rotatable bonds is 9. The number of hydrogen-bond acceptors (Lipinski definition) is 16. The molecule has 0 aliphatic heterocycles. The summed E-state index contributed by atoms with van der Waals surface area (Å²) in [5.41, 5.74) is 5.14. The number of aliphatic hydroxyl groups excluding tert-OH is 4. The van der Waals surface area contributed by atoms with Crippen LogP contribution in [0.3, 0.4) is 0 Å². The molecule has 0 radical (unpaired) electrons. The third kappa shape index (κ3) is 6.86. The summed E-state index contributed by atoms with van der Waals surface area (Å²) in [6.07, 6.45) is 6.31. The van der Waals surface area contributed by atoms with E-state index in [1.165, 1.54) is 50.1 Å². The lowest BCUT2D eigenvalue weighted by atomic mass is 9.57. The minimum atomic E-state index is -2.74. The van der Waals surface area contributed by atoms with Gasteiger partial charge in [0.25, 0.3) is 11.8 Å². The number of primary amides is 2. The van der Waals surface area contributed by atoms with Crippen LogP contribution < -0.4 is 11.5 Å². The summed E-state index contributed by atoms with van der Waals surface area (Å²) < 4.78 is 0. The van der Waals surface area contributed by atoms with Gasteiger partial charge in [0.2, 0.25) is 11.6 Å². The molecule has 68 heavy (non-hydrogen) atoms. The standard InChI is InChI=1S/C50H52N4O14/c1-53(2)37-27-19-23-17-25-21(13-15-29(55)33(25)39(57)31(23)43(61)49(27,67)45(63)35(41(37)59)47(51)65)11-9-7-5-6-8-10-12-22-14-16-30(56)34-26(22)18-24-20-28-38(54(3)4)42(60)36(48(52)66)46(64)50(28,68)44(62)32(24)40(34)58/h9,11,13-16,23-24,27-28,37-38,55-58,63-64,67-68H,5-8,17-20H2,1-4H3,(H2,51,65)(H2,52,66)/b11-9+. The molecule has 0 saturated heterocycles. The second-order valence-electron chi connectivity index (χ2n) is 18.9. The lowest BCUT2D eigenvalue weighted by Gasteiger charge is -2.50. The van der Waals surface area contributed by atoms with Crippen molar-refractivity contribution >= 4 is 52.5 Å². The van der Waals surface area contributed by atoms with Gasteiger partial charge in [0, 0.05) is 35.0 Å². The Bertz CT molecular complexity index is 2890. The molecule has 2 saturated carbocycles. The van der Waals surface area contributed by atoms with E-state index in [0.717, 1.165) is 0 Å². The summed E-state index contributed by atoms with van der Waals surface area (Å²) >= 11 is 0. The largest absolute Gasteiger partial charge is 0.508 e. The Hall–Kier alpha value is -7.04. The molecule has 8 atom stereocenters. The number of nitrogens with zero attached hydrogens (tertiary/aromatic N) is 2. The molecule has 2 amide bonds. The third-order valence-electron chi connectivity index (χ3n) is 14.7. The molecule has 2 aromatic carbocycles. The maximum Gasteiger partial charge on any atom is 0.255 e. The Balaban J connectivity index is 0.981. The summed E-state index contributed by atoms with van der Waals surface area (Å²) in [7, 11) is 6.12. The highest BCUT2D eigenvalue weighted by Gasteiger charge is 2.66. The van der Waals surface area contributed by atoms with Crippen LogP contribution in [0.2, 0.25) is 0 Å². The fourth-order valence-electron chi connectivity index (χ4n) is 11.6. The van der Waals surface area contributed by atoms with E-state index in [9.17, 15) is 69.6 Å². The van der Waals surface area contributed by atoms with Gasteiger partial charge in [0.15, 0.2) is 22.8 Å². The van der Waals surface area contributed by atoms with Crippen molar-refractivity contribution in [2.45, 2.75) is 74.7 Å². The zero-order valence-corrected chi connectivity index (χ0v) is 37.7. The van der Waals surface area contributed by atoms with Crippen LogP contribution in [0.15, 0.2) is 64.2 Å². The highest BCUT2D eigenvalue weighted by molar-refractivity contribution is 6.25. The fourth-order valence-corrected chi connectivity index (χ4v) is 11.6. The Kier molecular flexibility index (Phi) is 11.8. The Morgan fingerprint density at radius 3 is 1.62 bits per heavy atom. The van der Waals surface area contributed by atoms with E-state index in [0.29, 0.717) is 47.9 Å². The van der Waals surface area contributed by atoms with Crippen LogP contribution >= 0.6 is 0 Å². The molecule has 0 bridgehead atoms. The van der Waals surface area contributed by atoms with Crippen molar-refractivity contribution < 1.29 is 69.6 Å². The number of amides is 2. The number of aliphatic hydroxyl groups is 6. The first-order valence-corrected chi connectivity index (χ1v) is 22.2. The van der Waals surface area contributed by atoms with E-state index in [1.54, 1.807) is 12.1 Å². The summed E-state index contributed by atoms with van der Waals surface area (Å²) in [5, 5.41) is 90.8. The molecule has 8 unspecified atom stereocenters. The molecular formula is C50H52N4O14. The van der Waals surface area contributed by atoms with Crippen LogP contribution in [0.1, 0.15) is 71.9 Å². The van der Waals surface area contributed by atoms with Crippen LogP contribution in [0.4, 0.5) is 0 Å². The Morgan fingerprint density at radius 2 is 1.15 bits per heavy atom. The second kappa shape index (κ2) is 16.9. The molecule has 0 aromatic heterocycles. The van der Waals surface area contributed by atoms with E-state index in [4.69, 9.17) is 11.5 Å². The molecule has 2 fully saturated rings. The van der Waals surface area contributed by atoms with Crippen LogP contribution in [-0.4, -0.2) is 137 Å². The van der Waals surface area contributed by atoms with E-state index >= 15 is 0 Å². The molecule has 6 aliphatic carbocycles. The molecule has 8 rings (SSSR count). The van der Waals surface area contributed by atoms with E-state index in [-0.39, 0.29) is 59.5 Å². The van der Waals surface area contributed by atoms with E-state index in [1.807, 2.05) is 12.2 Å². The zero-order chi connectivity index (χ0) is 49.6. The monoisotopic (exact) mass is 932 g/mol. The van der Waals surface area contributed by atoms with Crippen molar-refractivity contribution in [2.24, 2.45) is 35.1 Å². The molecule has 18 nitrogen and oxygen atoms in total. The van der Waals surface area contributed by atoms with Gasteiger partial charge in [-0.05, 0) is 120 Å². The molecule has 12 N–H and O–H groups in total. The SMILES string of the molecule is CN(C)C1C(=O)C(C(N)=O)=C(O)C2(O)C(=O)C3=C(O)c4c(O)ccc(C#CCCCC/C=C/c5ccc(O)c6c5CC5CC7C(N(C)C)C(=O)C(C(N)=O)=C(O)C7(O)C(=O)C5=C6O)c4CC3CC12. The number of benzene rings is 2. The molecule has 18 heteroatoms. The number of aromatic hydroxyl groups is 2. The number of fused-ring (bicyclic) bond motifs is 6. The average Bonchev–Trinajstić information content (AvgIpc) is 3.25. The number of likely N-dealkylation sites (N-methyl/N-ethyl adjacent to an activating group) is 2. The lowest BCUT2D eigenvalue weighted by molar-refractivity contribution is -0.155. The zero-order valence-electron chi connectivity index (χ0n) is 37.7. The van der Waals surface area contributed by atoms with Crippen LogP contribution in [0.5, 0.6) is 11.5 Å². The quantitative estimate of drug-likeness (QED) is 0.0975. The van der Waals surface area contributed by atoms with Gasteiger partial charge in [-0.25, -0.2) is 0 Å². The number of phenolic OH excluding ortho intramolecular Hbond substituents is 2. The van der Waals surface area contributed by atoms with Crippen molar-refractivity contribution in [2.75, 3.05) is 28.2 Å². The van der Waals surface area contributed by atoms with Crippen molar-refractivity contribution in [1.82, 2.24) is 9.80 Å². The predicted octanol–water partition coefficient (Wildman–Crippen LogP) is 1.87. The van der Waals surface area contributed by atoms with Gasteiger partial charge in [-0.3, -0.25) is 38.6 Å². The highest BCUT2D eigenvalue weighted by atomic mass is 16.4. The smallest absolute Gasteiger partial charge is 0.255 e. The number of nitrogens with two attached hydrogens (primary N) is 2. The minimum absolute atomic E-state index is 0.0103. The summed E-state index contributed by atoms with van der Waals surface area (Å²) in [5.74, 6) is -8.28. The number of Topliss-reactive ketones (excluding diaryl/α,β-unsaturated/α-hetero) is 4. The number of phenols is 2. The first kappa shape index (κ1) is 47.5. The van der Waals surface area contributed by atoms with Gasteiger partial charge < -0.3 is 52.3 Å². The molecule has 356 valence electrons. The van der Waals surface area contributed by atoms with Gasteiger partial charge in [0.05, 0.1) is 23.2 Å². The minimum Gasteiger partial charge on any atom is -0.508 e. The molecular weight excluding hydrogens is 881 g/mol. The Morgan fingerprint density at radius 1 is 0.691 bits per heavy atom. The van der Waals surface area contributed by atoms with Crippen molar-refractivity contribution in [1.29, 1.82) is 0 Å². The normalized spacial score (nSPS) is 28.8. The second-order valence-corrected chi connectivity index (χ2v) is 18.9. The number of ketones is 4. The Labute approximate surface area is 389 Å². The van der Waals surface area contributed by atoms with Gasteiger partial charge in [-0.2, -0.15) is 0 Å². The number of hydrogen-bond donors (Lipinski definition) is 10. The first-order valence-electron chi connectivity index (χ1n) is 22.2. The molecule has 0 spiro atoms. The number of allylic oxidation sites excluding steroid dienone is 1. The van der Waals surface area contributed by atoms with Crippen molar-refractivity contribution in [3.63, 3.8) is 0 Å². The fraction of sp³-hybridized carbons (Fsp3) is 0.400. The summed E-state index contributed by atoms with van der Waals surface area (Å²) in [4.78, 5) is 82.5. The topological polar surface area (TPSA) is 323 Å². The number of carbonyl (C=O) groups is 6. The van der Waals surface area contributed by atoms with E-state index in [2.05, 4.69) is 11.8 Å². The van der Waals surface area contributed by atoms with Gasteiger partial charge in [-0.1, -0.05) is 30.1 Å². The van der Waals surface area contributed by atoms with Crippen LogP contribution in [0, 0.1) is 35.5 Å². The van der Waals surface area contributed by atoms with Crippen LogP contribution in [-0.2, 0) is 41.6 Å². The van der Waals surface area contributed by atoms with Crippen LogP contribution in [0.25, 0.3) is 17.6 Å². The predicted molar refractivity (Wildman–Crippen MR) is 243 cm³/mol. The molecule has 6 aliphatic rings. The average molecular weight is 933 g/mol. The number of carbonyl (C=O) groups excluding carboxylic acids is 6. The maximum atomic E-state index is 14.1. The summed E-state index contributed by atoms with van der Waals surface area (Å²) in [6, 6.07) is 3.55. The first-order chi connectivity index (χ1) is 32.0. The van der Waals surface area contributed by atoms with Gasteiger partial charge >= 0.3 is 0 Å². The maximum absolute atomic E-state index is 14.1. The molecule has 2 aromatic rings. The highest BCUT2D eigenvalue weighted by Crippen LogP contribution is 2.55. The van der Waals surface area contributed by atoms with Crippen molar-refractivity contribution in [3.8, 4) is 23.3 Å². The van der Waals surface area contributed by atoms with Gasteiger partial charge in [0.1, 0.15) is 45.7 Å². The number of unbranched alkanes of at least 4 members (excludes halogenated alkanes) is 3.